The molecule has 2 aromatic carbocycles. The number of ether oxygens (including phenoxy) is 2. The van der Waals surface area contributed by atoms with E-state index in [1.165, 1.54) is 33.5 Å². The fourth-order valence-electron chi connectivity index (χ4n) is 5.31. The zero-order valence-electron chi connectivity index (χ0n) is 23.7. The second-order valence-electron chi connectivity index (χ2n) is 10.6. The first-order valence-electron chi connectivity index (χ1n) is 13.8. The van der Waals surface area contributed by atoms with Gasteiger partial charge in [-0.1, -0.05) is 24.3 Å². The van der Waals surface area contributed by atoms with Gasteiger partial charge >= 0.3 is 0 Å². The Labute approximate surface area is 248 Å². The van der Waals surface area contributed by atoms with Crippen molar-refractivity contribution >= 4 is 27.7 Å². The summed E-state index contributed by atoms with van der Waals surface area (Å²) in [5.74, 6) is -0.450. The highest BCUT2D eigenvalue weighted by molar-refractivity contribution is 7.88. The lowest BCUT2D eigenvalue weighted by Crippen LogP contribution is -2.41. The first-order valence-corrected chi connectivity index (χ1v) is 15.4. The number of allylic oxidation sites excluding steroid dienone is 1. The lowest BCUT2D eigenvalue weighted by atomic mass is 10.0. The zero-order valence-corrected chi connectivity index (χ0v) is 24.5. The summed E-state index contributed by atoms with van der Waals surface area (Å²) in [5.41, 5.74) is 11.8. The van der Waals surface area contributed by atoms with Gasteiger partial charge in [0.05, 0.1) is 42.6 Å². The van der Waals surface area contributed by atoms with Crippen molar-refractivity contribution in [1.29, 1.82) is 0 Å². The van der Waals surface area contributed by atoms with Crippen LogP contribution in [0.25, 0.3) is 11.8 Å². The first-order chi connectivity index (χ1) is 20.6. The highest BCUT2D eigenvalue weighted by atomic mass is 32.2. The van der Waals surface area contributed by atoms with Crippen LogP contribution in [-0.2, 0) is 26.9 Å². The molecule has 10 nitrogen and oxygen atoms in total. The molecule has 12 heteroatoms. The molecule has 0 amide bonds. The van der Waals surface area contributed by atoms with Gasteiger partial charge in [-0.2, -0.15) is 9.40 Å². The predicted octanol–water partition coefficient (Wildman–Crippen LogP) is 4.38. The Balaban J connectivity index is 1.19. The Morgan fingerprint density at radius 2 is 1.86 bits per heavy atom. The Morgan fingerprint density at radius 3 is 2.60 bits per heavy atom. The maximum Gasteiger partial charge on any atom is 0.219 e. The number of ketones is 1. The van der Waals surface area contributed by atoms with Crippen molar-refractivity contribution in [2.24, 2.45) is 0 Å². The molecule has 6 rings (SSSR count). The minimum Gasteiger partial charge on any atom is -0.436 e. The summed E-state index contributed by atoms with van der Waals surface area (Å²) in [4.78, 5) is 17.8. The number of carbonyl (C=O) groups is 1. The molecule has 1 fully saturated rings. The summed E-state index contributed by atoms with van der Waals surface area (Å²) < 4.78 is 53.8. The number of anilines is 1. The molecular weight excluding hydrogens is 573 g/mol. The molecule has 2 N–H and O–H groups in total. The lowest BCUT2D eigenvalue weighted by Gasteiger charge is -2.26. The molecule has 0 spiro atoms. The van der Waals surface area contributed by atoms with E-state index < -0.39 is 15.8 Å². The third-order valence-electron chi connectivity index (χ3n) is 7.69. The quantitative estimate of drug-likeness (QED) is 0.294. The van der Waals surface area contributed by atoms with E-state index in [-0.39, 0.29) is 34.5 Å². The standard InChI is InChI=1S/C31H30FN5O5S/c1-19-11-21-13-23(14-22(21)15-24(19)18-43(39,40)36-7-9-41-10-8-36)30(38)25-16-35-37(31(25)33)27-17-34-29(12-20(27)2)42-28-6-4-3-5-26(28)32/h3-6,11-13,15-17H,7-10,14,18,33H2,1-2H3. The average Bonchev–Trinajstić information content (AvgIpc) is 3.57. The molecule has 222 valence electrons. The van der Waals surface area contributed by atoms with E-state index in [9.17, 15) is 17.6 Å². The number of rotatable bonds is 8. The predicted molar refractivity (Wildman–Crippen MR) is 159 cm³/mol. The molecule has 0 bridgehead atoms. The number of benzene rings is 2. The van der Waals surface area contributed by atoms with Crippen LogP contribution in [0.5, 0.6) is 11.6 Å². The number of sulfonamides is 1. The van der Waals surface area contributed by atoms with Crippen LogP contribution in [0.3, 0.4) is 0 Å². The summed E-state index contributed by atoms with van der Waals surface area (Å²) in [6, 6.07) is 11.5. The Morgan fingerprint density at radius 1 is 1.09 bits per heavy atom. The number of fused-ring (bicyclic) bond motifs is 1. The van der Waals surface area contributed by atoms with Crippen LogP contribution in [0.15, 0.2) is 60.4 Å². The van der Waals surface area contributed by atoms with Crippen molar-refractivity contribution in [3.8, 4) is 17.3 Å². The number of morpholine rings is 1. The van der Waals surface area contributed by atoms with E-state index in [0.29, 0.717) is 55.1 Å². The van der Waals surface area contributed by atoms with Crippen LogP contribution in [0.1, 0.15) is 38.2 Å². The van der Waals surface area contributed by atoms with Crippen molar-refractivity contribution in [2.45, 2.75) is 26.0 Å². The van der Waals surface area contributed by atoms with E-state index in [4.69, 9.17) is 15.2 Å². The van der Waals surface area contributed by atoms with Gasteiger partial charge in [-0.15, -0.1) is 0 Å². The molecule has 3 heterocycles. The molecule has 2 aliphatic rings. The maximum absolute atomic E-state index is 14.0. The van der Waals surface area contributed by atoms with Gasteiger partial charge in [0.25, 0.3) is 0 Å². The van der Waals surface area contributed by atoms with Crippen LogP contribution >= 0.6 is 0 Å². The van der Waals surface area contributed by atoms with Crippen LogP contribution in [0.4, 0.5) is 10.2 Å². The summed E-state index contributed by atoms with van der Waals surface area (Å²) in [7, 11) is -3.49. The van der Waals surface area contributed by atoms with Gasteiger partial charge in [0.15, 0.2) is 17.3 Å². The second kappa shape index (κ2) is 11.4. The van der Waals surface area contributed by atoms with Crippen LogP contribution < -0.4 is 10.5 Å². The van der Waals surface area contributed by atoms with Crippen molar-refractivity contribution in [2.75, 3.05) is 32.0 Å². The molecule has 4 aromatic rings. The lowest BCUT2D eigenvalue weighted by molar-refractivity contribution is 0.0729. The monoisotopic (exact) mass is 603 g/mol. The molecule has 1 aliphatic heterocycles. The molecule has 0 radical (unpaired) electrons. The molecular formula is C31H30FN5O5S. The highest BCUT2D eigenvalue weighted by Gasteiger charge is 2.28. The van der Waals surface area contributed by atoms with Crippen molar-refractivity contribution in [3.05, 3.63) is 99.6 Å². The van der Waals surface area contributed by atoms with Gasteiger partial charge in [0, 0.05) is 31.1 Å². The number of nitrogens with zero attached hydrogens (tertiary/aromatic N) is 4. The SMILES string of the molecule is Cc1cc2c(cc1CS(=O)(=O)N1CCOCC1)CC(C(=O)c1cnn(-c3cnc(Oc4ccccc4F)cc3C)c1N)=C2. The number of halogens is 1. The molecule has 43 heavy (non-hydrogen) atoms. The Kier molecular flexibility index (Phi) is 7.59. The smallest absolute Gasteiger partial charge is 0.219 e. The molecule has 1 aliphatic carbocycles. The van der Waals surface area contributed by atoms with Gasteiger partial charge in [-0.3, -0.25) is 4.79 Å². The number of nitrogen functional groups attached to an aromatic ring is 1. The van der Waals surface area contributed by atoms with Gasteiger partial charge in [0.1, 0.15) is 5.82 Å². The minimum absolute atomic E-state index is 0.0560. The number of hydrogen-bond donors (Lipinski definition) is 1. The maximum atomic E-state index is 14.0. The van der Waals surface area contributed by atoms with Gasteiger partial charge in [-0.05, 0) is 59.9 Å². The Bertz CT molecular complexity index is 1880. The van der Waals surface area contributed by atoms with Crippen molar-refractivity contribution in [1.82, 2.24) is 19.1 Å². The highest BCUT2D eigenvalue weighted by Crippen LogP contribution is 2.33. The van der Waals surface area contributed by atoms with E-state index in [1.807, 2.05) is 32.1 Å². The molecule has 0 saturated carbocycles. The summed E-state index contributed by atoms with van der Waals surface area (Å²) in [6.45, 7) is 5.17. The Hall–Kier alpha value is -4.39. The molecule has 0 unspecified atom stereocenters. The van der Waals surface area contributed by atoms with Crippen molar-refractivity contribution in [3.63, 3.8) is 0 Å². The largest absolute Gasteiger partial charge is 0.436 e. The second-order valence-corrected chi connectivity index (χ2v) is 12.6. The number of Topliss-reactive ketones (excluding diaryl/α,β-unsaturated/α-hetero) is 1. The van der Waals surface area contributed by atoms with Crippen LogP contribution in [0.2, 0.25) is 0 Å². The van der Waals surface area contributed by atoms with E-state index >= 15 is 0 Å². The van der Waals surface area contributed by atoms with Gasteiger partial charge in [-0.25, -0.2) is 22.5 Å². The summed E-state index contributed by atoms with van der Waals surface area (Å²) >= 11 is 0. The van der Waals surface area contributed by atoms with Crippen molar-refractivity contribution < 1.29 is 27.1 Å². The number of para-hydroxylation sites is 1. The summed E-state index contributed by atoms with van der Waals surface area (Å²) in [5, 5.41) is 4.35. The summed E-state index contributed by atoms with van der Waals surface area (Å²) in [6.07, 6.45) is 5.11. The molecule has 1 saturated heterocycles. The molecule has 0 atom stereocenters. The molecule has 2 aromatic heterocycles. The van der Waals surface area contributed by atoms with Gasteiger partial charge < -0.3 is 15.2 Å². The third kappa shape index (κ3) is 5.68. The number of pyridine rings is 1. The topological polar surface area (TPSA) is 130 Å². The number of carbonyl (C=O) groups excluding carboxylic acids is 1. The minimum atomic E-state index is -3.49. The number of aryl methyl sites for hydroxylation is 2. The number of aromatic nitrogens is 3. The van der Waals surface area contributed by atoms with Crippen LogP contribution in [-0.4, -0.2) is 59.6 Å². The van der Waals surface area contributed by atoms with E-state index in [2.05, 4.69) is 10.1 Å². The zero-order chi connectivity index (χ0) is 30.3. The number of nitrogens with two attached hydrogens (primary N) is 1. The fourth-order valence-corrected chi connectivity index (χ4v) is 6.90. The number of hydrogen-bond acceptors (Lipinski definition) is 8. The average molecular weight is 604 g/mol. The van der Waals surface area contributed by atoms with E-state index in [0.717, 1.165) is 16.7 Å². The normalized spacial score (nSPS) is 15.3. The third-order valence-corrected chi connectivity index (χ3v) is 9.52. The van der Waals surface area contributed by atoms with E-state index in [1.54, 1.807) is 18.2 Å². The fraction of sp³-hybridized carbons (Fsp3) is 0.258. The first kappa shape index (κ1) is 28.7. The van der Waals surface area contributed by atoms with Gasteiger partial charge in [0.2, 0.25) is 15.9 Å². The van der Waals surface area contributed by atoms with Crippen LogP contribution in [0, 0.1) is 19.7 Å².